The molecule has 0 saturated carbocycles. The van der Waals surface area contributed by atoms with Gasteiger partial charge in [0, 0.05) is 12.8 Å². The second-order valence-electron chi connectivity index (χ2n) is 4.02. The molecule has 1 aromatic carbocycles. The van der Waals surface area contributed by atoms with E-state index in [-0.39, 0.29) is 30.5 Å². The lowest BCUT2D eigenvalue weighted by Crippen LogP contribution is -2.34. The summed E-state index contributed by atoms with van der Waals surface area (Å²) in [6, 6.07) is 4.37. The van der Waals surface area contributed by atoms with Crippen molar-refractivity contribution in [2.45, 2.75) is 19.3 Å². The number of hydrogen-bond donors (Lipinski definition) is 3. The lowest BCUT2D eigenvalue weighted by molar-refractivity contribution is -0.137. The standard InChI is InChI=1S/C13H12FN3O4/c14-9-3-1-4-10(8(9)7-15)16-13(21)17-11(18)5-2-6-12(19)20/h1,3-4H,2,5-6H2,(H,19,20)(H2,16,17,18,21). The Kier molecular flexibility index (Phi) is 5.82. The van der Waals surface area contributed by atoms with E-state index < -0.39 is 23.7 Å². The van der Waals surface area contributed by atoms with Gasteiger partial charge in [-0.05, 0) is 18.6 Å². The number of carboxylic acid groups (broad SMARTS) is 1. The minimum atomic E-state index is -1.04. The van der Waals surface area contributed by atoms with Gasteiger partial charge in [-0.3, -0.25) is 14.9 Å². The number of carboxylic acids is 1. The Balaban J connectivity index is 2.55. The molecular formula is C13H12FN3O4. The Morgan fingerprint density at radius 3 is 2.62 bits per heavy atom. The summed E-state index contributed by atoms with van der Waals surface area (Å²) in [6.07, 6.45) is -0.219. The van der Waals surface area contributed by atoms with Crippen molar-refractivity contribution in [3.8, 4) is 6.07 Å². The molecule has 21 heavy (non-hydrogen) atoms. The predicted octanol–water partition coefficient (Wildman–Crippen LogP) is 1.60. The van der Waals surface area contributed by atoms with Gasteiger partial charge in [0.2, 0.25) is 5.91 Å². The number of hydrogen-bond acceptors (Lipinski definition) is 4. The highest BCUT2D eigenvalue weighted by atomic mass is 19.1. The molecule has 3 N–H and O–H groups in total. The van der Waals surface area contributed by atoms with Gasteiger partial charge >= 0.3 is 12.0 Å². The van der Waals surface area contributed by atoms with E-state index in [1.807, 2.05) is 5.32 Å². The molecule has 1 rings (SSSR count). The van der Waals surface area contributed by atoms with Crippen LogP contribution in [0.15, 0.2) is 18.2 Å². The van der Waals surface area contributed by atoms with Crippen LogP contribution in [-0.2, 0) is 9.59 Å². The monoisotopic (exact) mass is 293 g/mol. The van der Waals surface area contributed by atoms with Gasteiger partial charge in [-0.2, -0.15) is 5.26 Å². The fourth-order valence-corrected chi connectivity index (χ4v) is 1.48. The van der Waals surface area contributed by atoms with Gasteiger partial charge in [-0.15, -0.1) is 0 Å². The van der Waals surface area contributed by atoms with Crippen molar-refractivity contribution in [3.63, 3.8) is 0 Å². The molecule has 0 aliphatic carbocycles. The first-order chi connectivity index (χ1) is 9.93. The summed E-state index contributed by atoms with van der Waals surface area (Å²) < 4.78 is 13.3. The van der Waals surface area contributed by atoms with Crippen LogP contribution in [0.3, 0.4) is 0 Å². The topological polar surface area (TPSA) is 119 Å². The molecule has 110 valence electrons. The Hall–Kier alpha value is -2.95. The molecule has 0 aliphatic heterocycles. The van der Waals surface area contributed by atoms with Crippen molar-refractivity contribution in [2.24, 2.45) is 0 Å². The second kappa shape index (κ2) is 7.59. The first-order valence-corrected chi connectivity index (χ1v) is 5.95. The number of nitriles is 1. The Morgan fingerprint density at radius 1 is 1.29 bits per heavy atom. The zero-order chi connectivity index (χ0) is 15.8. The number of urea groups is 1. The molecule has 0 aromatic heterocycles. The van der Waals surface area contributed by atoms with E-state index in [0.717, 1.165) is 6.07 Å². The highest BCUT2D eigenvalue weighted by Crippen LogP contribution is 2.17. The summed E-state index contributed by atoms with van der Waals surface area (Å²) >= 11 is 0. The van der Waals surface area contributed by atoms with Gasteiger partial charge in [0.25, 0.3) is 0 Å². The molecule has 0 saturated heterocycles. The minimum Gasteiger partial charge on any atom is -0.481 e. The summed E-state index contributed by atoms with van der Waals surface area (Å²) in [4.78, 5) is 33.1. The van der Waals surface area contributed by atoms with Crippen LogP contribution in [0.2, 0.25) is 0 Å². The fraction of sp³-hybridized carbons (Fsp3) is 0.231. The summed E-state index contributed by atoms with van der Waals surface area (Å²) in [7, 11) is 0. The number of benzene rings is 1. The maximum Gasteiger partial charge on any atom is 0.325 e. The Labute approximate surface area is 119 Å². The van der Waals surface area contributed by atoms with Gasteiger partial charge in [-0.1, -0.05) is 6.07 Å². The second-order valence-corrected chi connectivity index (χ2v) is 4.02. The average Bonchev–Trinajstić information content (AvgIpc) is 2.38. The Bertz CT molecular complexity index is 610. The van der Waals surface area contributed by atoms with Crippen LogP contribution in [0.4, 0.5) is 14.9 Å². The SMILES string of the molecule is N#Cc1c(F)cccc1NC(=O)NC(=O)CCCC(=O)O. The molecule has 0 atom stereocenters. The molecular weight excluding hydrogens is 281 g/mol. The summed E-state index contributed by atoms with van der Waals surface area (Å²) in [5.41, 5.74) is -0.403. The Morgan fingerprint density at radius 2 is 2.00 bits per heavy atom. The van der Waals surface area contributed by atoms with Crippen molar-refractivity contribution in [1.29, 1.82) is 5.26 Å². The quantitative estimate of drug-likeness (QED) is 0.761. The molecule has 0 heterocycles. The predicted molar refractivity (Wildman–Crippen MR) is 69.8 cm³/mol. The largest absolute Gasteiger partial charge is 0.481 e. The third-order valence-electron chi connectivity index (χ3n) is 2.42. The van der Waals surface area contributed by atoms with Crippen LogP contribution in [0.1, 0.15) is 24.8 Å². The first kappa shape index (κ1) is 16.1. The number of anilines is 1. The van der Waals surface area contributed by atoms with E-state index in [4.69, 9.17) is 10.4 Å². The van der Waals surface area contributed by atoms with Crippen LogP contribution in [0.5, 0.6) is 0 Å². The van der Waals surface area contributed by atoms with Crippen molar-refractivity contribution in [3.05, 3.63) is 29.6 Å². The van der Waals surface area contributed by atoms with E-state index in [0.29, 0.717) is 0 Å². The summed E-state index contributed by atoms with van der Waals surface area (Å²) in [5, 5.41) is 21.3. The smallest absolute Gasteiger partial charge is 0.325 e. The molecule has 0 spiro atoms. The highest BCUT2D eigenvalue weighted by Gasteiger charge is 2.12. The molecule has 0 radical (unpaired) electrons. The van der Waals surface area contributed by atoms with Crippen molar-refractivity contribution >= 4 is 23.6 Å². The number of carbonyl (C=O) groups is 3. The van der Waals surface area contributed by atoms with Crippen molar-refractivity contribution < 1.29 is 23.9 Å². The van der Waals surface area contributed by atoms with E-state index in [9.17, 15) is 18.8 Å². The third kappa shape index (κ3) is 5.28. The maximum atomic E-state index is 13.3. The maximum absolute atomic E-state index is 13.3. The van der Waals surface area contributed by atoms with Gasteiger partial charge in [0.1, 0.15) is 17.4 Å². The van der Waals surface area contributed by atoms with E-state index in [1.54, 1.807) is 6.07 Å². The number of amides is 3. The molecule has 0 bridgehead atoms. The molecule has 8 heteroatoms. The number of halogens is 1. The van der Waals surface area contributed by atoms with Crippen LogP contribution < -0.4 is 10.6 Å². The van der Waals surface area contributed by atoms with Crippen LogP contribution in [0.25, 0.3) is 0 Å². The lowest BCUT2D eigenvalue weighted by Gasteiger charge is -2.08. The zero-order valence-corrected chi connectivity index (χ0v) is 10.9. The molecule has 0 aliphatic rings. The van der Waals surface area contributed by atoms with Gasteiger partial charge in [0.05, 0.1) is 5.69 Å². The molecule has 3 amide bonds. The van der Waals surface area contributed by atoms with Gasteiger partial charge in [0.15, 0.2) is 0 Å². The number of carbonyl (C=O) groups excluding carboxylic acids is 2. The van der Waals surface area contributed by atoms with Gasteiger partial charge in [-0.25, -0.2) is 9.18 Å². The van der Waals surface area contributed by atoms with Crippen LogP contribution in [0, 0.1) is 17.1 Å². The fourth-order valence-electron chi connectivity index (χ4n) is 1.48. The van der Waals surface area contributed by atoms with E-state index in [1.165, 1.54) is 12.1 Å². The number of nitrogens with one attached hydrogen (secondary N) is 2. The normalized spacial score (nSPS) is 9.52. The van der Waals surface area contributed by atoms with Gasteiger partial charge < -0.3 is 10.4 Å². The summed E-state index contributed by atoms with van der Waals surface area (Å²) in [6.45, 7) is 0. The first-order valence-electron chi connectivity index (χ1n) is 5.95. The molecule has 7 nitrogen and oxygen atoms in total. The zero-order valence-electron chi connectivity index (χ0n) is 10.9. The highest BCUT2D eigenvalue weighted by molar-refractivity contribution is 6.01. The van der Waals surface area contributed by atoms with Crippen molar-refractivity contribution in [2.75, 3.05) is 5.32 Å². The van der Waals surface area contributed by atoms with Crippen LogP contribution in [-0.4, -0.2) is 23.0 Å². The van der Waals surface area contributed by atoms with E-state index in [2.05, 4.69) is 5.32 Å². The van der Waals surface area contributed by atoms with E-state index >= 15 is 0 Å². The van der Waals surface area contributed by atoms with Crippen LogP contribution >= 0.6 is 0 Å². The molecule has 1 aromatic rings. The minimum absolute atomic E-state index is 0.0617. The molecule has 0 fully saturated rings. The number of nitrogens with zero attached hydrogens (tertiary/aromatic N) is 1. The number of rotatable bonds is 5. The molecule has 0 unspecified atom stereocenters. The number of imide groups is 1. The number of aliphatic carboxylic acids is 1. The average molecular weight is 293 g/mol. The third-order valence-corrected chi connectivity index (χ3v) is 2.42. The lowest BCUT2D eigenvalue weighted by atomic mass is 10.2. The van der Waals surface area contributed by atoms with Crippen molar-refractivity contribution in [1.82, 2.24) is 5.32 Å². The summed E-state index contributed by atoms with van der Waals surface area (Å²) in [5.74, 6) is -2.49.